The van der Waals surface area contributed by atoms with Gasteiger partial charge in [-0.3, -0.25) is 0 Å². The van der Waals surface area contributed by atoms with Crippen molar-refractivity contribution in [3.63, 3.8) is 0 Å². The molecule has 1 heterocycles. The molecule has 1 heteroatoms. The standard InChI is InChI=1S/C14H12S.C14H14/c1-9-5-3-7-11-12-8-4-6-10(2)14(12)15-13(9)11;1-11-5-3-7-13(9-11)14-8-4-6-12(2)10-14/h3-8H,1-2H3;3-10H,1-2H3. The van der Waals surface area contributed by atoms with Gasteiger partial charge in [-0.1, -0.05) is 96.1 Å². The van der Waals surface area contributed by atoms with Crippen LogP contribution in [0.4, 0.5) is 0 Å². The van der Waals surface area contributed by atoms with E-state index < -0.39 is 0 Å². The highest BCUT2D eigenvalue weighted by atomic mass is 32.1. The fraction of sp³-hybridized carbons (Fsp3) is 0.143. The SMILES string of the molecule is Cc1cccc(-c2cccc(C)c2)c1.Cc1cccc2c1sc1c(C)cccc12. The second-order valence-corrected chi connectivity index (χ2v) is 8.76. The summed E-state index contributed by atoms with van der Waals surface area (Å²) in [6, 6.07) is 30.3. The number of rotatable bonds is 1. The van der Waals surface area contributed by atoms with Crippen LogP contribution in [0.15, 0.2) is 84.9 Å². The average molecular weight is 395 g/mol. The first-order chi connectivity index (χ1) is 14.0. The van der Waals surface area contributed by atoms with Crippen LogP contribution in [-0.4, -0.2) is 0 Å². The molecular formula is C28H26S. The Hall–Kier alpha value is -2.90. The fourth-order valence-corrected chi connectivity index (χ4v) is 4.99. The second-order valence-electron chi connectivity index (χ2n) is 7.74. The molecule has 5 rings (SSSR count). The quantitative estimate of drug-likeness (QED) is 0.267. The van der Waals surface area contributed by atoms with Gasteiger partial charge in [0.2, 0.25) is 0 Å². The number of benzene rings is 4. The van der Waals surface area contributed by atoms with Gasteiger partial charge in [-0.25, -0.2) is 0 Å². The summed E-state index contributed by atoms with van der Waals surface area (Å²) in [4.78, 5) is 0. The third-order valence-corrected chi connectivity index (χ3v) is 6.78. The van der Waals surface area contributed by atoms with E-state index in [9.17, 15) is 0 Å². The summed E-state index contributed by atoms with van der Waals surface area (Å²) in [5, 5.41) is 2.80. The zero-order chi connectivity index (χ0) is 20.4. The Morgan fingerprint density at radius 2 is 0.897 bits per heavy atom. The molecule has 0 nitrogen and oxygen atoms in total. The molecule has 0 atom stereocenters. The highest BCUT2D eigenvalue weighted by molar-refractivity contribution is 7.26. The summed E-state index contributed by atoms with van der Waals surface area (Å²) >= 11 is 1.91. The van der Waals surface area contributed by atoms with E-state index in [0.717, 1.165) is 0 Å². The summed E-state index contributed by atoms with van der Waals surface area (Å²) in [5.41, 5.74) is 7.98. The minimum atomic E-state index is 1.30. The zero-order valence-electron chi connectivity index (χ0n) is 17.5. The Balaban J connectivity index is 0.000000142. The van der Waals surface area contributed by atoms with Crippen molar-refractivity contribution in [3.05, 3.63) is 107 Å². The van der Waals surface area contributed by atoms with Crippen LogP contribution in [0.1, 0.15) is 22.3 Å². The van der Waals surface area contributed by atoms with E-state index in [-0.39, 0.29) is 0 Å². The van der Waals surface area contributed by atoms with Crippen LogP contribution in [0.3, 0.4) is 0 Å². The summed E-state index contributed by atoms with van der Waals surface area (Å²) in [6.07, 6.45) is 0. The van der Waals surface area contributed by atoms with Gasteiger partial charge in [0.15, 0.2) is 0 Å². The number of hydrogen-bond donors (Lipinski definition) is 0. The monoisotopic (exact) mass is 394 g/mol. The van der Waals surface area contributed by atoms with Gasteiger partial charge in [0.1, 0.15) is 0 Å². The third kappa shape index (κ3) is 4.11. The molecule has 0 saturated carbocycles. The smallest absolute Gasteiger partial charge is 0.0384 e. The molecule has 5 aromatic rings. The molecule has 0 fully saturated rings. The topological polar surface area (TPSA) is 0 Å². The highest BCUT2D eigenvalue weighted by Gasteiger charge is 2.07. The molecule has 0 amide bonds. The molecule has 0 aliphatic heterocycles. The van der Waals surface area contributed by atoms with Crippen LogP contribution < -0.4 is 0 Å². The van der Waals surface area contributed by atoms with E-state index in [4.69, 9.17) is 0 Å². The first-order valence-electron chi connectivity index (χ1n) is 10.0. The maximum absolute atomic E-state index is 2.22. The van der Waals surface area contributed by atoms with Gasteiger partial charge in [-0.15, -0.1) is 11.3 Å². The van der Waals surface area contributed by atoms with E-state index in [0.29, 0.717) is 0 Å². The van der Waals surface area contributed by atoms with Crippen LogP contribution in [0.5, 0.6) is 0 Å². The molecule has 0 radical (unpaired) electrons. The molecule has 0 aliphatic carbocycles. The third-order valence-electron chi connectivity index (χ3n) is 5.29. The highest BCUT2D eigenvalue weighted by Crippen LogP contribution is 2.37. The van der Waals surface area contributed by atoms with Crippen molar-refractivity contribution in [2.75, 3.05) is 0 Å². The molecule has 1 aromatic heterocycles. The van der Waals surface area contributed by atoms with Crippen molar-refractivity contribution in [1.29, 1.82) is 0 Å². The van der Waals surface area contributed by atoms with Crippen molar-refractivity contribution < 1.29 is 0 Å². The second kappa shape index (κ2) is 8.23. The van der Waals surface area contributed by atoms with Crippen LogP contribution in [0, 0.1) is 27.7 Å². The van der Waals surface area contributed by atoms with Crippen LogP contribution in [-0.2, 0) is 0 Å². The Bertz CT molecular complexity index is 1190. The molecule has 29 heavy (non-hydrogen) atoms. The van der Waals surface area contributed by atoms with Crippen LogP contribution in [0.2, 0.25) is 0 Å². The van der Waals surface area contributed by atoms with Gasteiger partial charge >= 0.3 is 0 Å². The average Bonchev–Trinajstić information content (AvgIpc) is 3.10. The lowest BCUT2D eigenvalue weighted by atomic mass is 10.0. The van der Waals surface area contributed by atoms with Crippen LogP contribution >= 0.6 is 11.3 Å². The maximum atomic E-state index is 2.22. The minimum Gasteiger partial charge on any atom is -0.135 e. The van der Waals surface area contributed by atoms with Crippen molar-refractivity contribution in [3.8, 4) is 11.1 Å². The molecule has 0 unspecified atom stereocenters. The molecular weight excluding hydrogens is 368 g/mol. The van der Waals surface area contributed by atoms with E-state index in [1.807, 2.05) is 11.3 Å². The summed E-state index contributed by atoms with van der Waals surface area (Å²) in [5.74, 6) is 0. The van der Waals surface area contributed by atoms with E-state index in [1.54, 1.807) is 0 Å². The first kappa shape index (κ1) is 19.4. The Kier molecular flexibility index (Phi) is 5.51. The largest absolute Gasteiger partial charge is 0.135 e. The lowest BCUT2D eigenvalue weighted by Crippen LogP contribution is -1.80. The number of aryl methyl sites for hydroxylation is 4. The number of thiophene rings is 1. The molecule has 4 aromatic carbocycles. The minimum absolute atomic E-state index is 1.30. The lowest BCUT2D eigenvalue weighted by Gasteiger charge is -2.03. The summed E-state index contributed by atoms with van der Waals surface area (Å²) in [7, 11) is 0. The molecule has 0 saturated heterocycles. The van der Waals surface area contributed by atoms with Gasteiger partial charge in [0.05, 0.1) is 0 Å². The Morgan fingerprint density at radius 3 is 1.31 bits per heavy atom. The van der Waals surface area contributed by atoms with Gasteiger partial charge < -0.3 is 0 Å². The fourth-order valence-electron chi connectivity index (χ4n) is 3.75. The van der Waals surface area contributed by atoms with Gasteiger partial charge in [-0.05, 0) is 49.9 Å². The van der Waals surface area contributed by atoms with Crippen molar-refractivity contribution in [2.45, 2.75) is 27.7 Å². The molecule has 0 aliphatic rings. The van der Waals surface area contributed by atoms with Gasteiger partial charge in [-0.2, -0.15) is 0 Å². The van der Waals surface area contributed by atoms with E-state index >= 15 is 0 Å². The van der Waals surface area contributed by atoms with E-state index in [1.165, 1.54) is 53.6 Å². The van der Waals surface area contributed by atoms with Crippen molar-refractivity contribution in [2.24, 2.45) is 0 Å². The molecule has 0 spiro atoms. The molecule has 144 valence electrons. The maximum Gasteiger partial charge on any atom is 0.0384 e. The Labute approximate surface area is 177 Å². The predicted octanol–water partition coefficient (Wildman–Crippen LogP) is 8.64. The lowest BCUT2D eigenvalue weighted by molar-refractivity contribution is 1.44. The zero-order valence-corrected chi connectivity index (χ0v) is 18.3. The van der Waals surface area contributed by atoms with Crippen molar-refractivity contribution in [1.82, 2.24) is 0 Å². The Morgan fingerprint density at radius 1 is 0.483 bits per heavy atom. The number of fused-ring (bicyclic) bond motifs is 3. The first-order valence-corrected chi connectivity index (χ1v) is 10.9. The van der Waals surface area contributed by atoms with Gasteiger partial charge in [0, 0.05) is 20.2 Å². The van der Waals surface area contributed by atoms with Crippen LogP contribution in [0.25, 0.3) is 31.3 Å². The predicted molar refractivity (Wildman–Crippen MR) is 130 cm³/mol. The van der Waals surface area contributed by atoms with Gasteiger partial charge in [0.25, 0.3) is 0 Å². The molecule has 0 N–H and O–H groups in total. The van der Waals surface area contributed by atoms with E-state index in [2.05, 4.69) is 113 Å². The summed E-state index contributed by atoms with van der Waals surface area (Å²) in [6.45, 7) is 8.62. The summed E-state index contributed by atoms with van der Waals surface area (Å²) < 4.78 is 2.86. The normalized spacial score (nSPS) is 10.8. The van der Waals surface area contributed by atoms with Crippen molar-refractivity contribution >= 4 is 31.5 Å². The molecule has 0 bridgehead atoms. The number of hydrogen-bond acceptors (Lipinski definition) is 1.